The fourth-order valence-electron chi connectivity index (χ4n) is 4.15. The first-order valence-electron chi connectivity index (χ1n) is 10.9. The molecule has 1 aromatic carbocycles. The largest absolute Gasteiger partial charge is 0.466 e. The summed E-state index contributed by atoms with van der Waals surface area (Å²) >= 11 is 0. The monoisotopic (exact) mass is 411 g/mol. The number of amides is 1. The molecule has 1 amide bonds. The minimum Gasteiger partial charge on any atom is -0.466 e. The molecule has 0 spiro atoms. The summed E-state index contributed by atoms with van der Waals surface area (Å²) in [5.74, 6) is -0.102. The summed E-state index contributed by atoms with van der Waals surface area (Å²) in [6.07, 6.45) is 2.30. The van der Waals surface area contributed by atoms with Gasteiger partial charge < -0.3 is 9.64 Å². The van der Waals surface area contributed by atoms with Crippen LogP contribution in [0.25, 0.3) is 5.69 Å². The maximum atomic E-state index is 13.6. The molecule has 0 bridgehead atoms. The highest BCUT2D eigenvalue weighted by molar-refractivity contribution is 5.97. The summed E-state index contributed by atoms with van der Waals surface area (Å²) in [5.41, 5.74) is 4.45. The molecule has 0 saturated carbocycles. The van der Waals surface area contributed by atoms with E-state index in [1.807, 2.05) is 43.7 Å². The first-order valence-corrected chi connectivity index (χ1v) is 10.9. The summed E-state index contributed by atoms with van der Waals surface area (Å²) < 4.78 is 7.07. The molecule has 3 rings (SSSR count). The number of aryl methyl sites for hydroxylation is 1. The van der Waals surface area contributed by atoms with Gasteiger partial charge in [0.1, 0.15) is 0 Å². The number of nitrogens with zero attached hydrogens (tertiary/aromatic N) is 3. The predicted molar refractivity (Wildman–Crippen MR) is 117 cm³/mol. The van der Waals surface area contributed by atoms with Crippen molar-refractivity contribution in [2.75, 3.05) is 19.7 Å². The van der Waals surface area contributed by atoms with E-state index in [1.165, 1.54) is 0 Å². The van der Waals surface area contributed by atoms with Gasteiger partial charge in [0.15, 0.2) is 0 Å². The van der Waals surface area contributed by atoms with Crippen LogP contribution in [0.1, 0.15) is 60.9 Å². The Labute approximate surface area is 179 Å². The summed E-state index contributed by atoms with van der Waals surface area (Å²) in [4.78, 5) is 27.6. The summed E-state index contributed by atoms with van der Waals surface area (Å²) in [5, 5.41) is 4.84. The molecule has 6 nitrogen and oxygen atoms in total. The number of piperidine rings is 1. The number of esters is 1. The number of hydrogen-bond donors (Lipinski definition) is 0. The van der Waals surface area contributed by atoms with Gasteiger partial charge in [0.25, 0.3) is 5.91 Å². The normalized spacial score (nSPS) is 16.7. The molecule has 1 atom stereocenters. The standard InChI is InChI=1S/C24H33N3O3/c1-6-30-24(29)19-10-8-12-26(15-19)23(28)22-18(5)27(25-21(22)13-16(2)3)20-11-7-9-17(4)14-20/h7,9,11,14,16,19H,6,8,10,12-13,15H2,1-5H3. The third-order valence-corrected chi connectivity index (χ3v) is 5.58. The second-order valence-corrected chi connectivity index (χ2v) is 8.60. The molecule has 1 saturated heterocycles. The third-order valence-electron chi connectivity index (χ3n) is 5.58. The van der Waals surface area contributed by atoms with Crippen molar-refractivity contribution < 1.29 is 14.3 Å². The van der Waals surface area contributed by atoms with Crippen LogP contribution < -0.4 is 0 Å². The van der Waals surface area contributed by atoms with Crippen molar-refractivity contribution in [2.45, 2.75) is 53.9 Å². The highest BCUT2D eigenvalue weighted by Gasteiger charge is 2.33. The SMILES string of the molecule is CCOC(=O)C1CCCN(C(=O)c2c(CC(C)C)nn(-c3cccc(C)c3)c2C)C1. The van der Waals surface area contributed by atoms with Gasteiger partial charge in [0.05, 0.1) is 35.2 Å². The second-order valence-electron chi connectivity index (χ2n) is 8.60. The van der Waals surface area contributed by atoms with Gasteiger partial charge in [-0.1, -0.05) is 26.0 Å². The third kappa shape index (κ3) is 4.74. The van der Waals surface area contributed by atoms with Crippen LogP contribution in [0.5, 0.6) is 0 Å². The van der Waals surface area contributed by atoms with E-state index in [2.05, 4.69) is 19.9 Å². The van der Waals surface area contributed by atoms with Crippen LogP contribution >= 0.6 is 0 Å². The predicted octanol–water partition coefficient (Wildman–Crippen LogP) is 4.10. The van der Waals surface area contributed by atoms with E-state index in [4.69, 9.17) is 9.84 Å². The number of hydrogen-bond acceptors (Lipinski definition) is 4. The lowest BCUT2D eigenvalue weighted by Crippen LogP contribution is -2.43. The maximum Gasteiger partial charge on any atom is 0.310 e. The van der Waals surface area contributed by atoms with Gasteiger partial charge in [-0.3, -0.25) is 9.59 Å². The number of rotatable bonds is 6. The quantitative estimate of drug-likeness (QED) is 0.671. The van der Waals surface area contributed by atoms with Crippen molar-refractivity contribution in [3.05, 3.63) is 46.8 Å². The molecule has 2 heterocycles. The van der Waals surface area contributed by atoms with Gasteiger partial charge in [0.2, 0.25) is 0 Å². The Morgan fingerprint density at radius 3 is 2.70 bits per heavy atom. The van der Waals surface area contributed by atoms with E-state index < -0.39 is 0 Å². The highest BCUT2D eigenvalue weighted by atomic mass is 16.5. The number of carbonyl (C=O) groups excluding carboxylic acids is 2. The van der Waals surface area contributed by atoms with Crippen molar-refractivity contribution in [1.82, 2.24) is 14.7 Å². The van der Waals surface area contributed by atoms with Crippen molar-refractivity contribution in [3.63, 3.8) is 0 Å². The summed E-state index contributed by atoms with van der Waals surface area (Å²) in [6, 6.07) is 8.14. The molecule has 0 radical (unpaired) electrons. The van der Waals surface area contributed by atoms with Gasteiger partial charge in [-0.25, -0.2) is 4.68 Å². The maximum absolute atomic E-state index is 13.6. The van der Waals surface area contributed by atoms with Crippen molar-refractivity contribution in [1.29, 1.82) is 0 Å². The number of benzene rings is 1. The van der Waals surface area contributed by atoms with Crippen LogP contribution in [-0.2, 0) is 16.0 Å². The van der Waals surface area contributed by atoms with Crippen LogP contribution in [0.3, 0.4) is 0 Å². The average molecular weight is 412 g/mol. The minimum absolute atomic E-state index is 0.0314. The number of ether oxygens (including phenoxy) is 1. The first kappa shape index (κ1) is 22.1. The molecule has 1 unspecified atom stereocenters. The lowest BCUT2D eigenvalue weighted by Gasteiger charge is -2.31. The molecule has 2 aromatic rings. The molecule has 1 fully saturated rings. The molecular formula is C24H33N3O3. The smallest absolute Gasteiger partial charge is 0.310 e. The van der Waals surface area contributed by atoms with Crippen LogP contribution in [0.4, 0.5) is 0 Å². The van der Waals surface area contributed by atoms with Gasteiger partial charge in [-0.15, -0.1) is 0 Å². The van der Waals surface area contributed by atoms with Gasteiger partial charge in [-0.2, -0.15) is 5.10 Å². The Balaban J connectivity index is 1.95. The van der Waals surface area contributed by atoms with Crippen LogP contribution in [0.2, 0.25) is 0 Å². The number of carbonyl (C=O) groups is 2. The lowest BCUT2D eigenvalue weighted by atomic mass is 9.96. The zero-order chi connectivity index (χ0) is 21.8. The van der Waals surface area contributed by atoms with E-state index in [-0.39, 0.29) is 17.8 Å². The molecule has 1 aromatic heterocycles. The molecule has 0 aliphatic carbocycles. The molecular weight excluding hydrogens is 378 g/mol. The van der Waals surface area contributed by atoms with E-state index in [0.29, 0.717) is 31.2 Å². The zero-order valence-electron chi connectivity index (χ0n) is 18.8. The zero-order valence-corrected chi connectivity index (χ0v) is 18.8. The van der Waals surface area contributed by atoms with Gasteiger partial charge in [-0.05, 0) is 63.6 Å². The van der Waals surface area contributed by atoms with E-state index in [9.17, 15) is 9.59 Å². The van der Waals surface area contributed by atoms with Crippen molar-refractivity contribution >= 4 is 11.9 Å². The fraction of sp³-hybridized carbons (Fsp3) is 0.542. The Bertz CT molecular complexity index is 916. The van der Waals surface area contributed by atoms with Crippen LogP contribution in [0, 0.1) is 25.7 Å². The summed E-state index contributed by atoms with van der Waals surface area (Å²) in [6.45, 7) is 11.5. The average Bonchev–Trinajstić information content (AvgIpc) is 3.03. The summed E-state index contributed by atoms with van der Waals surface area (Å²) in [7, 11) is 0. The van der Waals surface area contributed by atoms with Crippen molar-refractivity contribution in [3.8, 4) is 5.69 Å². The molecule has 6 heteroatoms. The Kier molecular flexibility index (Phi) is 6.95. The fourth-order valence-corrected chi connectivity index (χ4v) is 4.15. The van der Waals surface area contributed by atoms with Gasteiger partial charge in [0, 0.05) is 13.1 Å². The molecule has 30 heavy (non-hydrogen) atoms. The minimum atomic E-state index is -0.247. The van der Waals surface area contributed by atoms with Crippen LogP contribution in [0.15, 0.2) is 24.3 Å². The van der Waals surface area contributed by atoms with Crippen LogP contribution in [-0.4, -0.2) is 46.3 Å². The Morgan fingerprint density at radius 2 is 2.03 bits per heavy atom. The topological polar surface area (TPSA) is 64.4 Å². The van der Waals surface area contributed by atoms with Crippen molar-refractivity contribution in [2.24, 2.45) is 11.8 Å². The van der Waals surface area contributed by atoms with Gasteiger partial charge >= 0.3 is 5.97 Å². The molecule has 1 aliphatic rings. The molecule has 162 valence electrons. The Hall–Kier alpha value is -2.63. The highest BCUT2D eigenvalue weighted by Crippen LogP contribution is 2.26. The number of aromatic nitrogens is 2. The first-order chi connectivity index (χ1) is 14.3. The van der Waals surface area contributed by atoms with E-state index >= 15 is 0 Å². The Morgan fingerprint density at radius 1 is 1.27 bits per heavy atom. The molecule has 1 aliphatic heterocycles. The van der Waals surface area contributed by atoms with E-state index in [1.54, 1.807) is 4.90 Å². The number of likely N-dealkylation sites (tertiary alicyclic amines) is 1. The second kappa shape index (κ2) is 9.45. The molecule has 0 N–H and O–H groups in total. The van der Waals surface area contributed by atoms with E-state index in [0.717, 1.165) is 41.9 Å². The lowest BCUT2D eigenvalue weighted by molar-refractivity contribution is -0.149.